The Morgan fingerprint density at radius 2 is 1.30 bits per heavy atom. The number of isocyanates is 2. The van der Waals surface area contributed by atoms with Crippen molar-refractivity contribution in [1.82, 2.24) is 0 Å². The number of hydrogen-bond acceptors (Lipinski definition) is 4. The zero-order chi connectivity index (χ0) is 17.8. The second-order valence-electron chi connectivity index (χ2n) is 5.09. The number of aryl methyl sites for hydroxylation is 1. The van der Waals surface area contributed by atoms with Crippen LogP contribution in [0.4, 0.5) is 0 Å². The smallest absolute Gasteiger partial charge is 0.222 e. The minimum absolute atomic E-state index is 0.750. The molecule has 0 radical (unpaired) electrons. The summed E-state index contributed by atoms with van der Waals surface area (Å²) in [6, 6.07) is 13.0. The van der Waals surface area contributed by atoms with Crippen LogP contribution in [0.2, 0.25) is 0 Å². The summed E-state index contributed by atoms with van der Waals surface area (Å²) in [5, 5.41) is 10.8. The first-order chi connectivity index (χ1) is 10.9. The maximum Gasteiger partial charge on any atom is 0.231 e. The van der Waals surface area contributed by atoms with Crippen LogP contribution in [0.25, 0.3) is 0 Å². The molecular weight excluding hydrogens is 288 g/mol. The minimum Gasteiger partial charge on any atom is -0.222 e. The molecule has 0 heterocycles. The van der Waals surface area contributed by atoms with Crippen LogP contribution >= 0.6 is 0 Å². The second-order valence-corrected chi connectivity index (χ2v) is 5.09. The number of carbonyl (C=O) groups excluding carboxylic acids is 2. The summed E-state index contributed by atoms with van der Waals surface area (Å²) in [5.41, 5.74) is 8.56. The normalized spacial score (nSPS) is 8.52. The predicted molar refractivity (Wildman–Crippen MR) is 91.5 cm³/mol. The van der Waals surface area contributed by atoms with Crippen LogP contribution in [0.15, 0.2) is 36.4 Å². The lowest BCUT2D eigenvalue weighted by Gasteiger charge is -2.14. The van der Waals surface area contributed by atoms with Crippen LogP contribution in [-0.2, 0) is 16.0 Å². The fraction of sp³-hybridized carbons (Fsp3) is 0.263. The van der Waals surface area contributed by atoms with E-state index in [0.29, 0.717) is 0 Å². The summed E-state index contributed by atoms with van der Waals surface area (Å²) in [6.07, 6.45) is 2.54. The molecule has 0 fully saturated rings. The fourth-order valence-electron chi connectivity index (χ4n) is 2.30. The van der Waals surface area contributed by atoms with Gasteiger partial charge in [-0.15, -0.1) is 0 Å². The monoisotopic (exact) mass is 310 g/mol. The second kappa shape index (κ2) is 10.9. The molecule has 2 aromatic rings. The van der Waals surface area contributed by atoms with Crippen LogP contribution < -0.4 is 0 Å². The van der Waals surface area contributed by atoms with E-state index in [2.05, 4.69) is 64.1 Å². The van der Waals surface area contributed by atoms with Crippen molar-refractivity contribution >= 4 is 12.2 Å². The van der Waals surface area contributed by atoms with E-state index in [4.69, 9.17) is 20.4 Å². The van der Waals surface area contributed by atoms with Crippen molar-refractivity contribution in [1.29, 1.82) is 10.8 Å². The molecule has 0 saturated heterocycles. The van der Waals surface area contributed by atoms with Crippen molar-refractivity contribution in [3.8, 4) is 0 Å². The van der Waals surface area contributed by atoms with Crippen molar-refractivity contribution in [2.24, 2.45) is 0 Å². The van der Waals surface area contributed by atoms with Crippen molar-refractivity contribution < 1.29 is 9.59 Å². The third-order valence-corrected chi connectivity index (χ3v) is 3.83. The van der Waals surface area contributed by atoms with E-state index in [9.17, 15) is 0 Å². The van der Waals surface area contributed by atoms with E-state index < -0.39 is 0 Å². The summed E-state index contributed by atoms with van der Waals surface area (Å²) in [6.45, 7) is 8.88. The Hall–Kier alpha value is -2.80. The van der Waals surface area contributed by atoms with Gasteiger partial charge in [0.25, 0.3) is 0 Å². The highest BCUT2D eigenvalue weighted by molar-refractivity contribution is 5.45. The van der Waals surface area contributed by atoms with E-state index in [1.54, 1.807) is 0 Å². The molecule has 4 heteroatoms. The van der Waals surface area contributed by atoms with Crippen LogP contribution in [0.3, 0.4) is 0 Å². The molecule has 0 saturated carbocycles. The zero-order valence-electron chi connectivity index (χ0n) is 14.0. The van der Waals surface area contributed by atoms with Gasteiger partial charge in [0.05, 0.1) is 0 Å². The molecule has 2 N–H and O–H groups in total. The van der Waals surface area contributed by atoms with Gasteiger partial charge in [-0.1, -0.05) is 36.4 Å². The van der Waals surface area contributed by atoms with Gasteiger partial charge in [-0.25, -0.2) is 20.4 Å². The Kier molecular flexibility index (Phi) is 9.54. The topological polar surface area (TPSA) is 81.8 Å². The summed E-state index contributed by atoms with van der Waals surface area (Å²) in [5.74, 6) is 0. The molecule has 2 rings (SSSR count). The van der Waals surface area contributed by atoms with Gasteiger partial charge in [0.2, 0.25) is 12.2 Å². The highest BCUT2D eigenvalue weighted by Gasteiger charge is 2.07. The maximum atomic E-state index is 8.35. The maximum absolute atomic E-state index is 8.35. The fourth-order valence-corrected chi connectivity index (χ4v) is 2.30. The van der Waals surface area contributed by atoms with Gasteiger partial charge in [0.15, 0.2) is 0 Å². The molecule has 0 aromatic heterocycles. The quantitative estimate of drug-likeness (QED) is 0.640. The highest BCUT2D eigenvalue weighted by atomic mass is 16.1. The van der Waals surface area contributed by atoms with Crippen molar-refractivity contribution in [2.75, 3.05) is 0 Å². The first kappa shape index (κ1) is 20.2. The number of hydrogen-bond donors (Lipinski definition) is 2. The molecule has 0 amide bonds. The first-order valence-electron chi connectivity index (χ1n) is 7.10. The van der Waals surface area contributed by atoms with Gasteiger partial charge >= 0.3 is 0 Å². The first-order valence-corrected chi connectivity index (χ1v) is 7.10. The minimum atomic E-state index is 0.750. The Balaban J connectivity index is 0.000000704. The van der Waals surface area contributed by atoms with Gasteiger partial charge in [-0.05, 0) is 67.5 Å². The largest absolute Gasteiger partial charge is 0.231 e. The summed E-state index contributed by atoms with van der Waals surface area (Å²) >= 11 is 0. The lowest BCUT2D eigenvalue weighted by Crippen LogP contribution is -1.98. The van der Waals surface area contributed by atoms with Crippen molar-refractivity contribution in [3.05, 3.63) is 69.8 Å². The van der Waals surface area contributed by atoms with Gasteiger partial charge in [0.1, 0.15) is 0 Å². The molecule has 0 unspecified atom stereocenters. The molecule has 0 aliphatic carbocycles. The zero-order valence-corrected chi connectivity index (χ0v) is 14.0. The van der Waals surface area contributed by atoms with Gasteiger partial charge < -0.3 is 0 Å². The van der Waals surface area contributed by atoms with Crippen LogP contribution in [-0.4, -0.2) is 12.2 Å². The van der Waals surface area contributed by atoms with E-state index in [0.717, 1.165) is 18.6 Å². The van der Waals surface area contributed by atoms with Crippen LogP contribution in [0, 0.1) is 38.5 Å². The standard InChI is InChI=1S/C17H20.2CHNO/c1-12-10-17(15(4)14(3)13(12)2)11-16-8-6-5-7-9-16;2*2-1-3/h5-10H,11H2,1-4H3;2*2H. The third kappa shape index (κ3) is 6.66. The summed E-state index contributed by atoms with van der Waals surface area (Å²) in [7, 11) is 0. The van der Waals surface area contributed by atoms with E-state index in [-0.39, 0.29) is 0 Å². The molecule has 0 bridgehead atoms. The summed E-state index contributed by atoms with van der Waals surface area (Å²) < 4.78 is 0. The molecular formula is C19H22N2O2. The molecule has 120 valence electrons. The highest BCUT2D eigenvalue weighted by Crippen LogP contribution is 2.23. The Labute approximate surface area is 137 Å². The number of nitrogens with one attached hydrogen (secondary N) is 2. The van der Waals surface area contributed by atoms with Gasteiger partial charge in [0, 0.05) is 0 Å². The van der Waals surface area contributed by atoms with Crippen molar-refractivity contribution in [2.45, 2.75) is 34.1 Å². The SMILES string of the molecule is Cc1cc(Cc2ccccc2)c(C)c(C)c1C.N=C=O.N=C=O. The number of rotatable bonds is 2. The van der Waals surface area contributed by atoms with E-state index in [1.807, 2.05) is 0 Å². The predicted octanol–water partition coefficient (Wildman–Crippen LogP) is 4.31. The summed E-state index contributed by atoms with van der Waals surface area (Å²) in [4.78, 5) is 16.7. The van der Waals surface area contributed by atoms with Gasteiger partial charge in [-0.3, -0.25) is 0 Å². The Morgan fingerprint density at radius 1 is 0.826 bits per heavy atom. The average Bonchev–Trinajstić information content (AvgIpc) is 2.53. The van der Waals surface area contributed by atoms with Crippen molar-refractivity contribution in [3.63, 3.8) is 0 Å². The molecule has 4 nitrogen and oxygen atoms in total. The average molecular weight is 310 g/mol. The van der Waals surface area contributed by atoms with Crippen LogP contribution in [0.1, 0.15) is 33.4 Å². The lowest BCUT2D eigenvalue weighted by molar-refractivity contribution is 0.562. The molecule has 0 aliphatic heterocycles. The molecule has 23 heavy (non-hydrogen) atoms. The molecule has 2 aromatic carbocycles. The van der Waals surface area contributed by atoms with E-state index in [1.165, 1.54) is 33.4 Å². The lowest BCUT2D eigenvalue weighted by atomic mass is 9.91. The molecule has 0 spiro atoms. The van der Waals surface area contributed by atoms with E-state index >= 15 is 0 Å². The molecule has 0 aliphatic rings. The third-order valence-electron chi connectivity index (χ3n) is 3.83. The Bertz CT molecular complexity index is 683. The number of benzene rings is 2. The van der Waals surface area contributed by atoms with Crippen LogP contribution in [0.5, 0.6) is 0 Å². The van der Waals surface area contributed by atoms with Gasteiger partial charge in [-0.2, -0.15) is 0 Å². The molecule has 0 atom stereocenters. The Morgan fingerprint density at radius 3 is 1.78 bits per heavy atom.